The predicted octanol–water partition coefficient (Wildman–Crippen LogP) is 2.80. The smallest absolute Gasteiger partial charge is 0.194 e. The highest BCUT2D eigenvalue weighted by Gasteiger charge is 2.09. The quantitative estimate of drug-likeness (QED) is 0.483. The summed E-state index contributed by atoms with van der Waals surface area (Å²) in [5, 5.41) is 3.40. The number of guanidine groups is 1. The molecule has 1 heterocycles. The van der Waals surface area contributed by atoms with Crippen LogP contribution in [0.4, 0.5) is 0 Å². The Morgan fingerprint density at radius 1 is 1.33 bits per heavy atom. The predicted molar refractivity (Wildman–Crippen MR) is 99.2 cm³/mol. The van der Waals surface area contributed by atoms with Gasteiger partial charge in [-0.1, -0.05) is 30.9 Å². The molecule has 0 amide bonds. The number of nitrogens with zero attached hydrogens (tertiary/aromatic N) is 3. The second-order valence-corrected chi connectivity index (χ2v) is 5.57. The highest BCUT2D eigenvalue weighted by atomic mass is 16.5. The molecule has 1 aromatic heterocycles. The van der Waals surface area contributed by atoms with Gasteiger partial charge in [0, 0.05) is 45.1 Å². The summed E-state index contributed by atoms with van der Waals surface area (Å²) in [6.45, 7) is 5.63. The number of nitrogens with one attached hydrogen (secondary N) is 1. The molecule has 1 aromatic carbocycles. The van der Waals surface area contributed by atoms with E-state index in [0.717, 1.165) is 23.8 Å². The van der Waals surface area contributed by atoms with E-state index >= 15 is 0 Å². The first kappa shape index (κ1) is 17.7. The maximum Gasteiger partial charge on any atom is 0.194 e. The maximum absolute atomic E-state index is 5.70. The first-order valence-electron chi connectivity index (χ1n) is 7.99. The van der Waals surface area contributed by atoms with Gasteiger partial charge >= 0.3 is 0 Å². The molecular formula is C19H26N4O. The zero-order chi connectivity index (χ0) is 17.4. The normalized spacial score (nSPS) is 11.2. The molecule has 0 atom stereocenters. The minimum atomic E-state index is 0.499. The Hall–Kier alpha value is -2.69. The van der Waals surface area contributed by atoms with Gasteiger partial charge in [-0.3, -0.25) is 4.99 Å². The van der Waals surface area contributed by atoms with Gasteiger partial charge in [-0.2, -0.15) is 0 Å². The summed E-state index contributed by atoms with van der Waals surface area (Å²) in [5.74, 6) is 1.71. The molecule has 0 unspecified atom stereocenters. The van der Waals surface area contributed by atoms with Gasteiger partial charge in [-0.25, -0.2) is 0 Å². The number of aromatic nitrogens is 1. The second kappa shape index (κ2) is 8.82. The minimum absolute atomic E-state index is 0.499. The van der Waals surface area contributed by atoms with Crippen LogP contribution in [0.15, 0.2) is 60.2 Å². The van der Waals surface area contributed by atoms with Crippen LogP contribution in [0.2, 0.25) is 0 Å². The summed E-state index contributed by atoms with van der Waals surface area (Å²) < 4.78 is 7.81. The molecule has 1 N–H and O–H groups in total. The van der Waals surface area contributed by atoms with Gasteiger partial charge < -0.3 is 19.5 Å². The van der Waals surface area contributed by atoms with E-state index in [4.69, 9.17) is 4.74 Å². The van der Waals surface area contributed by atoms with Gasteiger partial charge in [0.1, 0.15) is 12.4 Å². The number of ether oxygens (including phenoxy) is 1. The molecule has 0 saturated heterocycles. The number of para-hydroxylation sites is 1. The fourth-order valence-electron chi connectivity index (χ4n) is 2.48. The van der Waals surface area contributed by atoms with Crippen LogP contribution in [0.1, 0.15) is 11.3 Å². The SMILES string of the molecule is C=CCOc1ccccc1CNC(=NC)N(C)Cc1cccn1C. The Morgan fingerprint density at radius 2 is 2.12 bits per heavy atom. The number of benzene rings is 1. The molecule has 0 spiro atoms. The van der Waals surface area contributed by atoms with Gasteiger partial charge in [0.15, 0.2) is 5.96 Å². The van der Waals surface area contributed by atoms with Crippen LogP contribution in [-0.2, 0) is 20.1 Å². The molecule has 0 fully saturated rings. The van der Waals surface area contributed by atoms with Crippen molar-refractivity contribution in [3.05, 3.63) is 66.5 Å². The van der Waals surface area contributed by atoms with E-state index in [-0.39, 0.29) is 0 Å². The summed E-state index contributed by atoms with van der Waals surface area (Å²) in [5.41, 5.74) is 2.32. The lowest BCUT2D eigenvalue weighted by Crippen LogP contribution is -2.38. The molecule has 128 valence electrons. The highest BCUT2D eigenvalue weighted by molar-refractivity contribution is 5.79. The zero-order valence-corrected chi connectivity index (χ0v) is 14.7. The Kier molecular flexibility index (Phi) is 6.49. The van der Waals surface area contributed by atoms with Crippen molar-refractivity contribution in [3.8, 4) is 5.75 Å². The largest absolute Gasteiger partial charge is 0.489 e. The minimum Gasteiger partial charge on any atom is -0.489 e. The second-order valence-electron chi connectivity index (χ2n) is 5.57. The molecule has 0 aliphatic heterocycles. The summed E-state index contributed by atoms with van der Waals surface area (Å²) in [6, 6.07) is 12.2. The molecule has 5 nitrogen and oxygen atoms in total. The summed E-state index contributed by atoms with van der Waals surface area (Å²) in [6.07, 6.45) is 3.79. The van der Waals surface area contributed by atoms with E-state index in [1.165, 1.54) is 5.69 Å². The third-order valence-corrected chi connectivity index (χ3v) is 3.79. The highest BCUT2D eigenvalue weighted by Crippen LogP contribution is 2.17. The van der Waals surface area contributed by atoms with E-state index < -0.39 is 0 Å². The summed E-state index contributed by atoms with van der Waals surface area (Å²) >= 11 is 0. The van der Waals surface area contributed by atoms with Crippen molar-refractivity contribution in [1.29, 1.82) is 0 Å². The van der Waals surface area contributed by atoms with E-state index in [2.05, 4.69) is 38.5 Å². The van der Waals surface area contributed by atoms with Crippen molar-refractivity contribution in [3.63, 3.8) is 0 Å². The molecule has 0 aliphatic carbocycles. The molecule has 2 aromatic rings. The van der Waals surface area contributed by atoms with Crippen LogP contribution in [0.5, 0.6) is 5.75 Å². The average Bonchev–Trinajstić information content (AvgIpc) is 2.99. The lowest BCUT2D eigenvalue weighted by Gasteiger charge is -2.23. The number of hydrogen-bond acceptors (Lipinski definition) is 2. The van der Waals surface area contributed by atoms with Crippen molar-refractivity contribution in [2.45, 2.75) is 13.1 Å². The van der Waals surface area contributed by atoms with E-state index in [1.54, 1.807) is 13.1 Å². The van der Waals surface area contributed by atoms with Gasteiger partial charge in [0.25, 0.3) is 0 Å². The van der Waals surface area contributed by atoms with Crippen LogP contribution < -0.4 is 10.1 Å². The number of rotatable bonds is 7. The van der Waals surface area contributed by atoms with Crippen molar-refractivity contribution < 1.29 is 4.74 Å². The first-order valence-corrected chi connectivity index (χ1v) is 7.99. The molecule has 0 bridgehead atoms. The van der Waals surface area contributed by atoms with Crippen LogP contribution in [0.25, 0.3) is 0 Å². The average molecular weight is 326 g/mol. The van der Waals surface area contributed by atoms with Crippen LogP contribution in [0.3, 0.4) is 0 Å². The molecular weight excluding hydrogens is 300 g/mol. The Morgan fingerprint density at radius 3 is 2.79 bits per heavy atom. The molecule has 0 radical (unpaired) electrons. The van der Waals surface area contributed by atoms with Crippen molar-refractivity contribution in [1.82, 2.24) is 14.8 Å². The lowest BCUT2D eigenvalue weighted by atomic mass is 10.2. The van der Waals surface area contributed by atoms with E-state index in [9.17, 15) is 0 Å². The zero-order valence-electron chi connectivity index (χ0n) is 14.7. The molecule has 5 heteroatoms. The van der Waals surface area contributed by atoms with Crippen LogP contribution in [-0.4, -0.2) is 36.1 Å². The van der Waals surface area contributed by atoms with Gasteiger partial charge in [0.05, 0.1) is 6.54 Å². The van der Waals surface area contributed by atoms with Gasteiger partial charge in [-0.15, -0.1) is 0 Å². The first-order chi connectivity index (χ1) is 11.7. The van der Waals surface area contributed by atoms with Crippen molar-refractivity contribution in [2.24, 2.45) is 12.0 Å². The summed E-state index contributed by atoms with van der Waals surface area (Å²) in [4.78, 5) is 6.47. The Labute approximate surface area is 144 Å². The van der Waals surface area contributed by atoms with Gasteiger partial charge in [-0.05, 0) is 18.2 Å². The topological polar surface area (TPSA) is 41.8 Å². The van der Waals surface area contributed by atoms with Crippen LogP contribution >= 0.6 is 0 Å². The third kappa shape index (κ3) is 4.65. The molecule has 24 heavy (non-hydrogen) atoms. The standard InChI is InChI=1S/C19H26N4O/c1-5-13-24-18-11-7-6-9-16(18)14-21-19(20-2)23(4)15-17-10-8-12-22(17)3/h5-12H,1,13-15H2,2-4H3,(H,20,21). The van der Waals surface area contributed by atoms with E-state index in [0.29, 0.717) is 13.2 Å². The monoisotopic (exact) mass is 326 g/mol. The molecule has 0 aliphatic rings. The summed E-state index contributed by atoms with van der Waals surface area (Å²) in [7, 11) is 5.87. The fourth-order valence-corrected chi connectivity index (χ4v) is 2.48. The fraction of sp³-hybridized carbons (Fsp3) is 0.316. The number of hydrogen-bond donors (Lipinski definition) is 1. The Bertz CT molecular complexity index is 690. The Balaban J connectivity index is 1.99. The number of aryl methyl sites for hydroxylation is 1. The van der Waals surface area contributed by atoms with Gasteiger partial charge in [0.2, 0.25) is 0 Å². The molecule has 0 saturated carbocycles. The third-order valence-electron chi connectivity index (χ3n) is 3.79. The van der Waals surface area contributed by atoms with Crippen LogP contribution in [0, 0.1) is 0 Å². The lowest BCUT2D eigenvalue weighted by molar-refractivity contribution is 0.358. The maximum atomic E-state index is 5.70. The van der Waals surface area contributed by atoms with Crippen molar-refractivity contribution >= 4 is 5.96 Å². The molecule has 2 rings (SSSR count). The van der Waals surface area contributed by atoms with Crippen molar-refractivity contribution in [2.75, 3.05) is 20.7 Å². The van der Waals surface area contributed by atoms with E-state index in [1.807, 2.05) is 44.6 Å². The number of aliphatic imine (C=N–C) groups is 1.